The van der Waals surface area contributed by atoms with Crippen molar-refractivity contribution in [2.24, 2.45) is 5.92 Å². The van der Waals surface area contributed by atoms with Gasteiger partial charge < -0.3 is 21.1 Å². The smallest absolute Gasteiger partial charge is 0.254 e. The molecule has 2 atom stereocenters. The highest BCUT2D eigenvalue weighted by atomic mass is 35.5. The molecule has 3 rings (SSSR count). The SMILES string of the molecule is Cl.O=C(Cn1cc(C(=O)NCC2CNCC2O)cn1)NC1CCCCC1. The molecule has 1 aliphatic heterocycles. The summed E-state index contributed by atoms with van der Waals surface area (Å²) in [5.41, 5.74) is 0.422. The van der Waals surface area contributed by atoms with Crippen LogP contribution in [0.2, 0.25) is 0 Å². The molecule has 2 amide bonds. The number of amides is 2. The lowest BCUT2D eigenvalue weighted by molar-refractivity contribution is -0.122. The fraction of sp³-hybridized carbons (Fsp3) is 0.706. The van der Waals surface area contributed by atoms with Gasteiger partial charge in [0, 0.05) is 37.8 Å². The van der Waals surface area contributed by atoms with Crippen LogP contribution in [0.1, 0.15) is 42.5 Å². The quantitative estimate of drug-likeness (QED) is 0.554. The lowest BCUT2D eigenvalue weighted by atomic mass is 9.95. The number of nitrogens with one attached hydrogen (secondary N) is 3. The third kappa shape index (κ3) is 5.69. The minimum atomic E-state index is -0.425. The van der Waals surface area contributed by atoms with Crippen molar-refractivity contribution in [1.82, 2.24) is 25.7 Å². The summed E-state index contributed by atoms with van der Waals surface area (Å²) in [5, 5.41) is 22.8. The molecule has 2 heterocycles. The van der Waals surface area contributed by atoms with E-state index in [-0.39, 0.29) is 42.7 Å². The van der Waals surface area contributed by atoms with Crippen molar-refractivity contribution < 1.29 is 14.7 Å². The Bertz CT molecular complexity index is 603. The van der Waals surface area contributed by atoms with Gasteiger partial charge in [0.1, 0.15) is 6.54 Å². The van der Waals surface area contributed by atoms with Crippen molar-refractivity contribution in [2.45, 2.75) is 50.8 Å². The molecular weight excluding hydrogens is 358 g/mol. The first kappa shape index (κ1) is 20.7. The Kier molecular flexibility index (Phi) is 7.86. The second-order valence-electron chi connectivity index (χ2n) is 7.02. The van der Waals surface area contributed by atoms with Gasteiger partial charge in [-0.3, -0.25) is 14.3 Å². The fourth-order valence-electron chi connectivity index (χ4n) is 3.49. The first-order valence-electron chi connectivity index (χ1n) is 9.10. The van der Waals surface area contributed by atoms with Gasteiger partial charge in [-0.2, -0.15) is 5.10 Å². The first-order chi connectivity index (χ1) is 12.1. The second-order valence-corrected chi connectivity index (χ2v) is 7.02. The van der Waals surface area contributed by atoms with Gasteiger partial charge in [0.15, 0.2) is 0 Å². The van der Waals surface area contributed by atoms with Gasteiger partial charge in [0.05, 0.1) is 17.9 Å². The Morgan fingerprint density at radius 3 is 2.73 bits per heavy atom. The minimum Gasteiger partial charge on any atom is -0.391 e. The number of rotatable bonds is 6. The van der Waals surface area contributed by atoms with Crippen molar-refractivity contribution in [3.8, 4) is 0 Å². The van der Waals surface area contributed by atoms with Crippen molar-refractivity contribution in [3.63, 3.8) is 0 Å². The molecule has 9 heteroatoms. The predicted molar refractivity (Wildman–Crippen MR) is 99.2 cm³/mol. The number of carbonyl (C=O) groups is 2. The van der Waals surface area contributed by atoms with Crippen LogP contribution in [0.25, 0.3) is 0 Å². The van der Waals surface area contributed by atoms with Crippen molar-refractivity contribution in [3.05, 3.63) is 18.0 Å². The number of nitrogens with zero attached hydrogens (tertiary/aromatic N) is 2. The number of hydrogen-bond acceptors (Lipinski definition) is 5. The molecule has 0 radical (unpaired) electrons. The third-order valence-corrected chi connectivity index (χ3v) is 5.00. The minimum absolute atomic E-state index is 0. The van der Waals surface area contributed by atoms with Gasteiger partial charge >= 0.3 is 0 Å². The highest BCUT2D eigenvalue weighted by molar-refractivity contribution is 5.93. The molecular formula is C17H28ClN5O3. The number of halogens is 1. The normalized spacial score (nSPS) is 23.3. The molecule has 0 bridgehead atoms. The van der Waals surface area contributed by atoms with E-state index < -0.39 is 6.10 Å². The van der Waals surface area contributed by atoms with E-state index in [4.69, 9.17) is 0 Å². The van der Waals surface area contributed by atoms with E-state index in [1.54, 1.807) is 6.20 Å². The van der Waals surface area contributed by atoms with Gasteiger partial charge in [-0.1, -0.05) is 19.3 Å². The lowest BCUT2D eigenvalue weighted by Crippen LogP contribution is -2.38. The topological polar surface area (TPSA) is 108 Å². The van der Waals surface area contributed by atoms with E-state index in [0.29, 0.717) is 25.2 Å². The van der Waals surface area contributed by atoms with Crippen LogP contribution in [-0.2, 0) is 11.3 Å². The Hall–Kier alpha value is -1.64. The van der Waals surface area contributed by atoms with Crippen molar-refractivity contribution >= 4 is 24.2 Å². The summed E-state index contributed by atoms with van der Waals surface area (Å²) in [6.45, 7) is 1.80. The largest absolute Gasteiger partial charge is 0.391 e. The number of carbonyl (C=O) groups excluding carboxylic acids is 2. The summed E-state index contributed by atoms with van der Waals surface area (Å²) in [6, 6.07) is 0.269. The van der Waals surface area contributed by atoms with Gasteiger partial charge in [-0.25, -0.2) is 0 Å². The van der Waals surface area contributed by atoms with Crippen LogP contribution in [0, 0.1) is 5.92 Å². The van der Waals surface area contributed by atoms with E-state index in [2.05, 4.69) is 21.0 Å². The molecule has 2 unspecified atom stereocenters. The fourth-order valence-corrected chi connectivity index (χ4v) is 3.49. The average molecular weight is 386 g/mol. The molecule has 1 saturated carbocycles. The number of aliphatic hydroxyl groups is 1. The summed E-state index contributed by atoms with van der Waals surface area (Å²) in [6.07, 6.45) is 8.29. The highest BCUT2D eigenvalue weighted by Crippen LogP contribution is 2.17. The summed E-state index contributed by atoms with van der Waals surface area (Å²) in [7, 11) is 0. The molecule has 0 aromatic carbocycles. The Morgan fingerprint density at radius 2 is 2.04 bits per heavy atom. The maximum Gasteiger partial charge on any atom is 0.254 e. The van der Waals surface area contributed by atoms with Crippen LogP contribution >= 0.6 is 12.4 Å². The number of hydrogen-bond donors (Lipinski definition) is 4. The standard InChI is InChI=1S/C17H27N5O3.ClH/c23-15-9-18-6-12(15)7-19-17(25)13-8-20-22(10-13)11-16(24)21-14-4-2-1-3-5-14;/h8,10,12,14-15,18,23H,1-7,9,11H2,(H,19,25)(H,21,24);1H. The second kappa shape index (κ2) is 9.89. The number of aromatic nitrogens is 2. The maximum atomic E-state index is 12.2. The molecule has 8 nitrogen and oxygen atoms in total. The molecule has 1 aromatic rings. The van der Waals surface area contributed by atoms with E-state index in [1.807, 2.05) is 0 Å². The van der Waals surface area contributed by atoms with Crippen LogP contribution in [0.5, 0.6) is 0 Å². The average Bonchev–Trinajstić information content (AvgIpc) is 3.22. The summed E-state index contributed by atoms with van der Waals surface area (Å²) >= 11 is 0. The molecule has 1 aliphatic carbocycles. The van der Waals surface area contributed by atoms with E-state index in [9.17, 15) is 14.7 Å². The van der Waals surface area contributed by atoms with Gasteiger partial charge in [-0.05, 0) is 12.8 Å². The number of aliphatic hydroxyl groups excluding tert-OH is 1. The molecule has 1 saturated heterocycles. The van der Waals surface area contributed by atoms with Crippen LogP contribution in [0.15, 0.2) is 12.4 Å². The third-order valence-electron chi connectivity index (χ3n) is 5.00. The monoisotopic (exact) mass is 385 g/mol. The lowest BCUT2D eigenvalue weighted by Gasteiger charge is -2.22. The molecule has 0 spiro atoms. The van der Waals surface area contributed by atoms with Gasteiger partial charge in [0.2, 0.25) is 5.91 Å². The van der Waals surface area contributed by atoms with Gasteiger partial charge in [-0.15, -0.1) is 12.4 Å². The van der Waals surface area contributed by atoms with Gasteiger partial charge in [0.25, 0.3) is 5.91 Å². The van der Waals surface area contributed by atoms with E-state index in [1.165, 1.54) is 30.1 Å². The molecule has 1 aromatic heterocycles. The van der Waals surface area contributed by atoms with Crippen LogP contribution in [-0.4, -0.2) is 58.5 Å². The van der Waals surface area contributed by atoms with E-state index >= 15 is 0 Å². The Labute approximate surface area is 159 Å². The molecule has 146 valence electrons. The van der Waals surface area contributed by atoms with Crippen LogP contribution in [0.4, 0.5) is 0 Å². The summed E-state index contributed by atoms with van der Waals surface area (Å²) < 4.78 is 1.49. The zero-order valence-electron chi connectivity index (χ0n) is 14.8. The summed E-state index contributed by atoms with van der Waals surface area (Å²) in [4.78, 5) is 24.2. The maximum absolute atomic E-state index is 12.2. The highest BCUT2D eigenvalue weighted by Gasteiger charge is 2.25. The zero-order valence-corrected chi connectivity index (χ0v) is 15.6. The van der Waals surface area contributed by atoms with E-state index in [0.717, 1.165) is 12.8 Å². The number of β-amino-alcohol motifs (C(OH)–C–C–N with tert-alkyl or cyclic N) is 1. The van der Waals surface area contributed by atoms with Crippen molar-refractivity contribution in [2.75, 3.05) is 19.6 Å². The molecule has 2 fully saturated rings. The van der Waals surface area contributed by atoms with Crippen LogP contribution in [0.3, 0.4) is 0 Å². The first-order valence-corrected chi connectivity index (χ1v) is 9.10. The molecule has 26 heavy (non-hydrogen) atoms. The zero-order chi connectivity index (χ0) is 17.6. The molecule has 4 N–H and O–H groups in total. The Morgan fingerprint density at radius 1 is 1.27 bits per heavy atom. The van der Waals surface area contributed by atoms with Crippen molar-refractivity contribution in [1.29, 1.82) is 0 Å². The molecule has 2 aliphatic rings. The summed E-state index contributed by atoms with van der Waals surface area (Å²) in [5.74, 6) is -0.277. The predicted octanol–water partition coefficient (Wildman–Crippen LogP) is 0.0639. The van der Waals surface area contributed by atoms with Crippen LogP contribution < -0.4 is 16.0 Å². The Balaban J connectivity index is 0.00000243.